The van der Waals surface area contributed by atoms with Gasteiger partial charge in [-0.1, -0.05) is 6.07 Å². The van der Waals surface area contributed by atoms with Crippen molar-refractivity contribution < 1.29 is 14.0 Å². The molecule has 1 aliphatic heterocycles. The van der Waals surface area contributed by atoms with E-state index in [0.717, 1.165) is 24.9 Å². The molecule has 0 bridgehead atoms. The molecule has 5 nitrogen and oxygen atoms in total. The fourth-order valence-electron chi connectivity index (χ4n) is 3.47. The van der Waals surface area contributed by atoms with Gasteiger partial charge < -0.3 is 14.6 Å². The number of anilines is 1. The van der Waals surface area contributed by atoms with Gasteiger partial charge in [-0.3, -0.25) is 9.59 Å². The Morgan fingerprint density at radius 2 is 2.15 bits per heavy atom. The minimum atomic E-state index is -0.329. The van der Waals surface area contributed by atoms with E-state index >= 15 is 0 Å². The Morgan fingerprint density at radius 3 is 2.89 bits per heavy atom. The molecule has 3 aromatic rings. The van der Waals surface area contributed by atoms with Crippen molar-refractivity contribution in [1.29, 1.82) is 0 Å². The molecular formula is C21H20N2O3S. The lowest BCUT2D eigenvalue weighted by Crippen LogP contribution is -2.30. The van der Waals surface area contributed by atoms with E-state index < -0.39 is 0 Å². The van der Waals surface area contributed by atoms with E-state index in [1.807, 2.05) is 29.3 Å². The average Bonchev–Trinajstić information content (AvgIpc) is 3.43. The van der Waals surface area contributed by atoms with E-state index in [1.165, 1.54) is 11.8 Å². The van der Waals surface area contributed by atoms with E-state index in [9.17, 15) is 9.59 Å². The van der Waals surface area contributed by atoms with Crippen molar-refractivity contribution in [1.82, 2.24) is 4.90 Å². The van der Waals surface area contributed by atoms with Gasteiger partial charge in [0.1, 0.15) is 0 Å². The fraction of sp³-hybridized carbons (Fsp3) is 0.238. The van der Waals surface area contributed by atoms with Gasteiger partial charge in [0, 0.05) is 17.8 Å². The van der Waals surface area contributed by atoms with Gasteiger partial charge in [0.05, 0.1) is 12.3 Å². The molecule has 1 fully saturated rings. The maximum Gasteiger partial charge on any atom is 0.291 e. The quantitative estimate of drug-likeness (QED) is 0.702. The lowest BCUT2D eigenvalue weighted by atomic mass is 10.1. The average molecular weight is 380 g/mol. The molecule has 0 spiro atoms. The zero-order valence-electron chi connectivity index (χ0n) is 15.0. The van der Waals surface area contributed by atoms with Gasteiger partial charge in [-0.25, -0.2) is 0 Å². The second-order valence-electron chi connectivity index (χ2n) is 6.67. The maximum absolute atomic E-state index is 13.1. The highest BCUT2D eigenvalue weighted by Gasteiger charge is 2.31. The number of hydrogen-bond donors (Lipinski definition) is 1. The lowest BCUT2D eigenvalue weighted by Gasteiger charge is -2.24. The number of furan rings is 1. The number of nitrogens with one attached hydrogen (secondary N) is 1. The van der Waals surface area contributed by atoms with Crippen LogP contribution in [0.15, 0.2) is 57.8 Å². The number of benzene rings is 1. The molecule has 1 unspecified atom stereocenters. The summed E-state index contributed by atoms with van der Waals surface area (Å²) in [6.07, 6.45) is 3.44. The summed E-state index contributed by atoms with van der Waals surface area (Å²) in [6, 6.07) is 10.9. The molecular weight excluding hydrogens is 360 g/mol. The van der Waals surface area contributed by atoms with Gasteiger partial charge in [-0.2, -0.15) is 11.3 Å². The Balaban J connectivity index is 1.57. The minimum Gasteiger partial charge on any atom is -0.459 e. The number of hydrogen-bond acceptors (Lipinski definition) is 4. The van der Waals surface area contributed by atoms with Crippen LogP contribution in [0.5, 0.6) is 0 Å². The maximum atomic E-state index is 13.1. The Labute approximate surface area is 161 Å². The van der Waals surface area contributed by atoms with Crippen LogP contribution >= 0.6 is 11.3 Å². The van der Waals surface area contributed by atoms with Gasteiger partial charge in [0.2, 0.25) is 0 Å². The standard InChI is InChI=1S/C21H20N2O3S/c1-14-6-7-15(12-17(14)22-20(24)19-5-3-10-26-19)21(25)23-9-2-4-18(23)16-8-11-27-13-16/h3,5-8,10-13,18H,2,4,9H2,1H3,(H,22,24). The van der Waals surface area contributed by atoms with Crippen molar-refractivity contribution in [2.24, 2.45) is 0 Å². The Kier molecular flexibility index (Phi) is 4.81. The van der Waals surface area contributed by atoms with E-state index in [1.54, 1.807) is 29.5 Å². The van der Waals surface area contributed by atoms with Crippen molar-refractivity contribution >= 4 is 28.8 Å². The third-order valence-electron chi connectivity index (χ3n) is 4.92. The molecule has 4 rings (SSSR count). The number of likely N-dealkylation sites (tertiary alicyclic amines) is 1. The van der Waals surface area contributed by atoms with Crippen LogP contribution in [0.3, 0.4) is 0 Å². The van der Waals surface area contributed by atoms with Gasteiger partial charge in [-0.05, 0) is 72.0 Å². The SMILES string of the molecule is Cc1ccc(C(=O)N2CCCC2c2ccsc2)cc1NC(=O)c1ccco1. The van der Waals surface area contributed by atoms with Crippen molar-refractivity contribution in [3.05, 3.63) is 75.9 Å². The van der Waals surface area contributed by atoms with Crippen LogP contribution in [0.25, 0.3) is 0 Å². The molecule has 3 heterocycles. The van der Waals surface area contributed by atoms with Crippen LogP contribution in [0.4, 0.5) is 5.69 Å². The summed E-state index contributed by atoms with van der Waals surface area (Å²) in [4.78, 5) is 27.3. The summed E-state index contributed by atoms with van der Waals surface area (Å²) in [5.41, 5.74) is 3.29. The highest BCUT2D eigenvalue weighted by molar-refractivity contribution is 7.08. The molecule has 0 aliphatic carbocycles. The predicted octanol–water partition coefficient (Wildman–Crippen LogP) is 4.88. The molecule has 1 N–H and O–H groups in total. The van der Waals surface area contributed by atoms with Crippen molar-refractivity contribution in [3.63, 3.8) is 0 Å². The fourth-order valence-corrected chi connectivity index (χ4v) is 4.18. The Morgan fingerprint density at radius 1 is 1.26 bits per heavy atom. The number of carbonyl (C=O) groups is 2. The number of thiophene rings is 1. The zero-order chi connectivity index (χ0) is 18.8. The van der Waals surface area contributed by atoms with Crippen molar-refractivity contribution in [2.45, 2.75) is 25.8 Å². The highest BCUT2D eigenvalue weighted by Crippen LogP contribution is 2.34. The monoisotopic (exact) mass is 380 g/mol. The molecule has 1 aliphatic rings. The lowest BCUT2D eigenvalue weighted by molar-refractivity contribution is 0.0735. The summed E-state index contributed by atoms with van der Waals surface area (Å²) in [5.74, 6) is -0.0922. The topological polar surface area (TPSA) is 62.6 Å². The van der Waals surface area contributed by atoms with E-state index in [0.29, 0.717) is 11.3 Å². The first-order valence-electron chi connectivity index (χ1n) is 8.92. The first kappa shape index (κ1) is 17.5. The van der Waals surface area contributed by atoms with Crippen LogP contribution < -0.4 is 5.32 Å². The number of amides is 2. The van der Waals surface area contributed by atoms with Crippen molar-refractivity contribution in [2.75, 3.05) is 11.9 Å². The molecule has 0 saturated carbocycles. The van der Waals surface area contributed by atoms with Crippen LogP contribution in [0.1, 0.15) is 50.9 Å². The normalized spacial score (nSPS) is 16.5. The molecule has 2 amide bonds. The van der Waals surface area contributed by atoms with Crippen LogP contribution in [0.2, 0.25) is 0 Å². The largest absolute Gasteiger partial charge is 0.459 e. The van der Waals surface area contributed by atoms with E-state index in [-0.39, 0.29) is 23.6 Å². The summed E-state index contributed by atoms with van der Waals surface area (Å²) in [6.45, 7) is 2.65. The molecule has 6 heteroatoms. The van der Waals surface area contributed by atoms with Crippen LogP contribution in [-0.2, 0) is 0 Å². The Bertz CT molecular complexity index is 948. The first-order valence-corrected chi connectivity index (χ1v) is 9.86. The molecule has 27 heavy (non-hydrogen) atoms. The van der Waals surface area contributed by atoms with Gasteiger partial charge in [-0.15, -0.1) is 0 Å². The zero-order valence-corrected chi connectivity index (χ0v) is 15.8. The second-order valence-corrected chi connectivity index (χ2v) is 7.45. The van der Waals surface area contributed by atoms with E-state index in [2.05, 4.69) is 16.8 Å². The molecule has 2 aromatic heterocycles. The molecule has 1 saturated heterocycles. The summed E-state index contributed by atoms with van der Waals surface area (Å²) >= 11 is 1.65. The molecule has 0 radical (unpaired) electrons. The van der Waals surface area contributed by atoms with Gasteiger partial charge >= 0.3 is 0 Å². The molecule has 138 valence electrons. The van der Waals surface area contributed by atoms with E-state index in [4.69, 9.17) is 4.42 Å². The highest BCUT2D eigenvalue weighted by atomic mass is 32.1. The minimum absolute atomic E-state index is 0.00259. The predicted molar refractivity (Wildman–Crippen MR) is 105 cm³/mol. The third kappa shape index (κ3) is 3.53. The van der Waals surface area contributed by atoms with Gasteiger partial charge in [0.25, 0.3) is 11.8 Å². The first-order chi connectivity index (χ1) is 13.1. The summed E-state index contributed by atoms with van der Waals surface area (Å²) in [5, 5.41) is 6.99. The van der Waals surface area contributed by atoms with Crippen LogP contribution in [0, 0.1) is 6.92 Å². The number of nitrogens with zero attached hydrogens (tertiary/aromatic N) is 1. The summed E-state index contributed by atoms with van der Waals surface area (Å²) < 4.78 is 5.14. The molecule has 1 atom stereocenters. The molecule has 1 aromatic carbocycles. The third-order valence-corrected chi connectivity index (χ3v) is 5.62. The second kappa shape index (κ2) is 7.40. The smallest absolute Gasteiger partial charge is 0.291 e. The number of aryl methyl sites for hydroxylation is 1. The van der Waals surface area contributed by atoms with Crippen LogP contribution in [-0.4, -0.2) is 23.3 Å². The Hall–Kier alpha value is -2.86. The number of rotatable bonds is 4. The van der Waals surface area contributed by atoms with Crippen molar-refractivity contribution in [3.8, 4) is 0 Å². The summed E-state index contributed by atoms with van der Waals surface area (Å²) in [7, 11) is 0. The number of carbonyl (C=O) groups excluding carboxylic acids is 2. The van der Waals surface area contributed by atoms with Gasteiger partial charge in [0.15, 0.2) is 5.76 Å².